The molecule has 1 atom stereocenters. The number of carbonyl (C=O) groups excluding carboxylic acids is 1. The van der Waals surface area contributed by atoms with Gasteiger partial charge >= 0.3 is 5.63 Å². The molecule has 0 N–H and O–H groups in total. The van der Waals surface area contributed by atoms with Gasteiger partial charge in [-0.25, -0.2) is 4.79 Å². The van der Waals surface area contributed by atoms with E-state index >= 15 is 0 Å². The Balaban J connectivity index is 1.94. The normalized spacial score (nSPS) is 19.9. The second-order valence-corrected chi connectivity index (χ2v) is 5.57. The van der Waals surface area contributed by atoms with Gasteiger partial charge in [-0.05, 0) is 26.1 Å². The molecule has 1 aromatic carbocycles. The summed E-state index contributed by atoms with van der Waals surface area (Å²) in [5, 5.41) is 0.766. The Morgan fingerprint density at radius 3 is 2.81 bits per heavy atom. The molecule has 3 rings (SSSR count). The van der Waals surface area contributed by atoms with Gasteiger partial charge in [0.25, 0.3) is 5.91 Å². The lowest BCUT2D eigenvalue weighted by molar-refractivity contribution is 0.0568. The van der Waals surface area contributed by atoms with E-state index < -0.39 is 5.63 Å². The van der Waals surface area contributed by atoms with Crippen LogP contribution in [0.15, 0.2) is 39.5 Å². The number of nitrogens with zero attached hydrogens (tertiary/aromatic N) is 2. The molecular formula is C16H18N2O3. The fraction of sp³-hybridized carbons (Fsp3) is 0.375. The molecule has 0 aliphatic carbocycles. The van der Waals surface area contributed by atoms with Gasteiger partial charge in [0, 0.05) is 31.1 Å². The number of amides is 1. The number of hydrogen-bond donors (Lipinski definition) is 0. The highest BCUT2D eigenvalue weighted by molar-refractivity contribution is 5.96. The fourth-order valence-corrected chi connectivity index (χ4v) is 2.61. The van der Waals surface area contributed by atoms with Gasteiger partial charge in [0.05, 0.1) is 0 Å². The van der Waals surface area contributed by atoms with Crippen LogP contribution in [0.1, 0.15) is 17.3 Å². The molecule has 21 heavy (non-hydrogen) atoms. The summed E-state index contributed by atoms with van der Waals surface area (Å²) in [4.78, 5) is 28.5. The average Bonchev–Trinajstić information content (AvgIpc) is 2.48. The molecular weight excluding hydrogens is 268 g/mol. The third kappa shape index (κ3) is 2.56. The van der Waals surface area contributed by atoms with Gasteiger partial charge in [-0.1, -0.05) is 18.2 Å². The molecule has 1 aliphatic rings. The second kappa shape index (κ2) is 5.33. The maximum absolute atomic E-state index is 12.6. The van der Waals surface area contributed by atoms with Crippen molar-refractivity contribution >= 4 is 16.9 Å². The Labute approximate surface area is 122 Å². The van der Waals surface area contributed by atoms with Crippen LogP contribution in [0.3, 0.4) is 0 Å². The fourth-order valence-electron chi connectivity index (χ4n) is 2.61. The van der Waals surface area contributed by atoms with Crippen molar-refractivity contribution in [3.63, 3.8) is 0 Å². The zero-order chi connectivity index (χ0) is 15.0. The highest BCUT2D eigenvalue weighted by atomic mass is 16.4. The number of carbonyl (C=O) groups is 1. The largest absolute Gasteiger partial charge is 0.422 e. The van der Waals surface area contributed by atoms with Crippen LogP contribution in [0.5, 0.6) is 0 Å². The summed E-state index contributed by atoms with van der Waals surface area (Å²) < 4.78 is 5.24. The highest BCUT2D eigenvalue weighted by Crippen LogP contribution is 2.15. The van der Waals surface area contributed by atoms with E-state index in [1.807, 2.05) is 19.2 Å². The molecule has 5 nitrogen and oxygen atoms in total. The summed E-state index contributed by atoms with van der Waals surface area (Å²) in [7, 11) is 2.04. The molecule has 1 aromatic heterocycles. The zero-order valence-corrected chi connectivity index (χ0v) is 12.2. The van der Waals surface area contributed by atoms with E-state index in [1.165, 1.54) is 0 Å². The number of fused-ring (bicyclic) bond motifs is 1. The summed E-state index contributed by atoms with van der Waals surface area (Å²) in [6, 6.07) is 9.13. The minimum Gasteiger partial charge on any atom is -0.422 e. The Morgan fingerprint density at radius 1 is 1.29 bits per heavy atom. The molecule has 5 heteroatoms. The summed E-state index contributed by atoms with van der Waals surface area (Å²) in [5.74, 6) is -0.241. The number of likely N-dealkylation sites (N-methyl/N-ethyl adjacent to an activating group) is 1. The Kier molecular flexibility index (Phi) is 3.51. The monoisotopic (exact) mass is 286 g/mol. The maximum Gasteiger partial charge on any atom is 0.349 e. The Bertz CT molecular complexity index is 738. The SMILES string of the molecule is CC1CN(C(=O)c2cc3ccccc3oc2=O)CCN1C. The zero-order valence-electron chi connectivity index (χ0n) is 12.2. The minimum atomic E-state index is -0.565. The van der Waals surface area contributed by atoms with Crippen molar-refractivity contribution in [3.05, 3.63) is 46.3 Å². The molecule has 2 heterocycles. The van der Waals surface area contributed by atoms with Crippen LogP contribution >= 0.6 is 0 Å². The molecule has 1 unspecified atom stereocenters. The Morgan fingerprint density at radius 2 is 2.05 bits per heavy atom. The first-order chi connectivity index (χ1) is 10.1. The number of benzene rings is 1. The standard InChI is InChI=1S/C16H18N2O3/c1-11-10-18(8-7-17(11)2)15(19)13-9-12-5-3-4-6-14(12)21-16(13)20/h3-6,9,11H,7-8,10H2,1-2H3. The van der Waals surface area contributed by atoms with Crippen LogP contribution in [0.2, 0.25) is 0 Å². The van der Waals surface area contributed by atoms with E-state index in [-0.39, 0.29) is 17.5 Å². The van der Waals surface area contributed by atoms with Crippen molar-refractivity contribution in [2.45, 2.75) is 13.0 Å². The molecule has 1 aliphatic heterocycles. The molecule has 0 spiro atoms. The number of hydrogen-bond acceptors (Lipinski definition) is 4. The van der Waals surface area contributed by atoms with E-state index in [0.717, 1.165) is 11.9 Å². The van der Waals surface area contributed by atoms with Gasteiger partial charge in [0.2, 0.25) is 0 Å². The van der Waals surface area contributed by atoms with E-state index in [1.54, 1.807) is 23.1 Å². The second-order valence-electron chi connectivity index (χ2n) is 5.57. The van der Waals surface area contributed by atoms with Crippen LogP contribution < -0.4 is 5.63 Å². The lowest BCUT2D eigenvalue weighted by atomic mass is 10.1. The highest BCUT2D eigenvalue weighted by Gasteiger charge is 2.27. The van der Waals surface area contributed by atoms with Crippen molar-refractivity contribution < 1.29 is 9.21 Å². The average molecular weight is 286 g/mol. The minimum absolute atomic E-state index is 0.116. The van der Waals surface area contributed by atoms with Crippen LogP contribution in [-0.4, -0.2) is 48.4 Å². The van der Waals surface area contributed by atoms with Gasteiger partial charge in [-0.2, -0.15) is 0 Å². The van der Waals surface area contributed by atoms with E-state index in [4.69, 9.17) is 4.42 Å². The molecule has 0 bridgehead atoms. The summed E-state index contributed by atoms with van der Waals surface area (Å²) in [6.07, 6.45) is 0. The summed E-state index contributed by atoms with van der Waals surface area (Å²) >= 11 is 0. The molecule has 110 valence electrons. The van der Waals surface area contributed by atoms with Crippen molar-refractivity contribution in [1.82, 2.24) is 9.80 Å². The van der Waals surface area contributed by atoms with Crippen molar-refractivity contribution in [1.29, 1.82) is 0 Å². The van der Waals surface area contributed by atoms with Crippen molar-refractivity contribution in [3.8, 4) is 0 Å². The predicted molar refractivity (Wildman–Crippen MR) is 80.5 cm³/mol. The van der Waals surface area contributed by atoms with E-state index in [2.05, 4.69) is 11.8 Å². The van der Waals surface area contributed by atoms with Gasteiger partial charge in [-0.3, -0.25) is 4.79 Å². The third-order valence-electron chi connectivity index (χ3n) is 4.12. The van der Waals surface area contributed by atoms with Crippen LogP contribution in [-0.2, 0) is 0 Å². The number of rotatable bonds is 1. The van der Waals surface area contributed by atoms with Crippen molar-refractivity contribution in [2.75, 3.05) is 26.7 Å². The van der Waals surface area contributed by atoms with E-state index in [9.17, 15) is 9.59 Å². The maximum atomic E-state index is 12.6. The molecule has 0 saturated carbocycles. The van der Waals surface area contributed by atoms with Gasteiger partial charge in [0.15, 0.2) is 0 Å². The first-order valence-electron chi connectivity index (χ1n) is 7.08. The first-order valence-corrected chi connectivity index (χ1v) is 7.08. The third-order valence-corrected chi connectivity index (χ3v) is 4.12. The smallest absolute Gasteiger partial charge is 0.349 e. The number of piperazine rings is 1. The van der Waals surface area contributed by atoms with Gasteiger partial charge in [0.1, 0.15) is 11.1 Å². The molecule has 0 radical (unpaired) electrons. The lowest BCUT2D eigenvalue weighted by Gasteiger charge is -2.37. The lowest BCUT2D eigenvalue weighted by Crippen LogP contribution is -2.52. The van der Waals surface area contributed by atoms with Gasteiger partial charge < -0.3 is 14.2 Å². The van der Waals surface area contributed by atoms with Crippen LogP contribution in [0.25, 0.3) is 11.0 Å². The van der Waals surface area contributed by atoms with Crippen LogP contribution in [0.4, 0.5) is 0 Å². The Hall–Kier alpha value is -2.14. The molecule has 1 amide bonds. The first kappa shape index (κ1) is 13.8. The van der Waals surface area contributed by atoms with E-state index in [0.29, 0.717) is 18.7 Å². The quantitative estimate of drug-likeness (QED) is 0.747. The molecule has 1 saturated heterocycles. The topological polar surface area (TPSA) is 53.8 Å². The predicted octanol–water partition coefficient (Wildman–Crippen LogP) is 1.57. The van der Waals surface area contributed by atoms with Crippen LogP contribution in [0, 0.1) is 0 Å². The van der Waals surface area contributed by atoms with Crippen molar-refractivity contribution in [2.24, 2.45) is 0 Å². The molecule has 1 fully saturated rings. The summed E-state index contributed by atoms with van der Waals surface area (Å²) in [6.45, 7) is 4.14. The summed E-state index contributed by atoms with van der Waals surface area (Å²) in [5.41, 5.74) is 0.0570. The number of para-hydroxylation sites is 1. The molecule has 2 aromatic rings. The van der Waals surface area contributed by atoms with Gasteiger partial charge in [-0.15, -0.1) is 0 Å².